The van der Waals surface area contributed by atoms with Crippen molar-refractivity contribution in [2.45, 2.75) is 187 Å². The van der Waals surface area contributed by atoms with Crippen LogP contribution in [0.25, 0.3) is 11.0 Å². The Labute approximate surface area is 449 Å². The Morgan fingerprint density at radius 2 is 1.53 bits per heavy atom. The van der Waals surface area contributed by atoms with Gasteiger partial charge in [-0.2, -0.15) is 0 Å². The molecule has 0 aliphatic heterocycles. The van der Waals surface area contributed by atoms with Crippen molar-refractivity contribution < 1.29 is 33.4 Å². The van der Waals surface area contributed by atoms with Crippen LogP contribution in [0.2, 0.25) is 0 Å². The molecule has 75 heavy (non-hydrogen) atoms. The maximum Gasteiger partial charge on any atom is 0.300 e. The minimum atomic E-state index is -0.507. The molecule has 0 radical (unpaired) electrons. The van der Waals surface area contributed by atoms with Crippen LogP contribution in [0.1, 0.15) is 169 Å². The summed E-state index contributed by atoms with van der Waals surface area (Å²) in [5.41, 5.74) is 19.0. The second kappa shape index (κ2) is 30.4. The number of nitrogens with two attached hydrogens (primary N) is 3. The van der Waals surface area contributed by atoms with Crippen LogP contribution in [0.5, 0.6) is 0 Å². The molecule has 6 rings (SSSR count). The Bertz CT molecular complexity index is 2060. The summed E-state index contributed by atoms with van der Waals surface area (Å²) in [6.45, 7) is 20.2. The maximum absolute atomic E-state index is 14.4. The molecule has 0 bridgehead atoms. The summed E-state index contributed by atoms with van der Waals surface area (Å²) in [4.78, 5) is 42.7. The highest BCUT2D eigenvalue weighted by Crippen LogP contribution is 2.69. The number of hydrogen-bond donors (Lipinski definition) is 4. The quantitative estimate of drug-likeness (QED) is 0.0215. The van der Waals surface area contributed by atoms with Crippen molar-refractivity contribution in [1.82, 2.24) is 20.1 Å². The first kappa shape index (κ1) is 60.5. The number of unbranched alkanes of at least 4 members (excludes halogenated alkanes) is 7. The van der Waals surface area contributed by atoms with Crippen molar-refractivity contribution in [3.8, 4) is 0 Å². The van der Waals surface area contributed by atoms with Crippen LogP contribution in [0.3, 0.4) is 0 Å². The second-order valence-electron chi connectivity index (χ2n) is 23.4. The van der Waals surface area contributed by atoms with Crippen molar-refractivity contribution in [1.29, 1.82) is 0 Å². The zero-order valence-electron chi connectivity index (χ0n) is 46.7. The summed E-state index contributed by atoms with van der Waals surface area (Å²) in [6.07, 6.45) is 24.1. The first-order valence-electron chi connectivity index (χ1n) is 29.6. The van der Waals surface area contributed by atoms with E-state index in [1.54, 1.807) is 17.0 Å². The van der Waals surface area contributed by atoms with Crippen molar-refractivity contribution in [3.05, 3.63) is 34.9 Å². The Hall–Kier alpha value is -3.74. The fourth-order valence-corrected chi connectivity index (χ4v) is 14.6. The molecule has 2 amide bonds. The van der Waals surface area contributed by atoms with Gasteiger partial charge in [0.1, 0.15) is 6.54 Å². The zero-order valence-corrected chi connectivity index (χ0v) is 46.7. The molecule has 2 aromatic rings. The maximum atomic E-state index is 14.4. The average Bonchev–Trinajstić information content (AvgIpc) is 4.04. The lowest BCUT2D eigenvalue weighted by Gasteiger charge is -2.65. The summed E-state index contributed by atoms with van der Waals surface area (Å²) >= 11 is 0. The number of hydrogen-bond acceptors (Lipinski definition) is 14. The predicted molar refractivity (Wildman–Crippen MR) is 297 cm³/mol. The van der Waals surface area contributed by atoms with Crippen molar-refractivity contribution >= 4 is 34.2 Å². The van der Waals surface area contributed by atoms with E-state index >= 15 is 0 Å². The third-order valence-corrected chi connectivity index (χ3v) is 18.7. The molecule has 7 N–H and O–H groups in total. The average molecular weight is 1050 g/mol. The number of nitrogens with zero attached hydrogens (tertiary/aromatic N) is 5. The summed E-state index contributed by atoms with van der Waals surface area (Å²) in [6, 6.07) is 3.00. The largest absolute Gasteiger partial charge is 0.383 e. The molecule has 0 spiro atoms. The van der Waals surface area contributed by atoms with Crippen molar-refractivity contribution in [3.63, 3.8) is 0 Å². The minimum absolute atomic E-state index is 0.00730. The smallest absolute Gasteiger partial charge is 0.300 e. The number of fused-ring (bicyclic) bond motifs is 6. The van der Waals surface area contributed by atoms with Gasteiger partial charge in [-0.1, -0.05) is 72.3 Å². The molecule has 17 nitrogen and oxygen atoms in total. The third kappa shape index (κ3) is 15.5. The van der Waals surface area contributed by atoms with Gasteiger partial charge in [0.25, 0.3) is 0 Å². The minimum Gasteiger partial charge on any atom is -0.383 e. The number of non-ortho nitro benzene ring substituents is 1. The van der Waals surface area contributed by atoms with E-state index in [9.17, 15) is 19.7 Å². The number of nitro groups is 1. The monoisotopic (exact) mass is 1050 g/mol. The Kier molecular flexibility index (Phi) is 24.5. The lowest BCUT2D eigenvalue weighted by molar-refractivity contribution is -0.383. The van der Waals surface area contributed by atoms with Gasteiger partial charge in [-0.15, -0.1) is 6.58 Å². The van der Waals surface area contributed by atoms with Crippen LogP contribution in [0, 0.1) is 56.5 Å². The highest BCUT2D eigenvalue weighted by atomic mass is 16.6. The lowest BCUT2D eigenvalue weighted by Crippen LogP contribution is -2.63. The molecule has 1 heterocycles. The van der Waals surface area contributed by atoms with Gasteiger partial charge in [-0.05, 0) is 173 Å². The molecule has 4 fully saturated rings. The first-order chi connectivity index (χ1) is 36.4. The van der Waals surface area contributed by atoms with E-state index in [2.05, 4.69) is 49.9 Å². The molecule has 1 aromatic heterocycles. The normalized spacial score (nSPS) is 27.6. The van der Waals surface area contributed by atoms with E-state index in [1.807, 2.05) is 4.90 Å². The number of anilines is 1. The van der Waals surface area contributed by atoms with E-state index in [-0.39, 0.29) is 58.7 Å². The van der Waals surface area contributed by atoms with Gasteiger partial charge in [0.2, 0.25) is 17.3 Å². The predicted octanol–water partition coefficient (Wildman–Crippen LogP) is 9.80. The first-order valence-corrected chi connectivity index (χ1v) is 29.6. The number of nitrogens with one attached hydrogen (secondary N) is 1. The van der Waals surface area contributed by atoms with Crippen LogP contribution in [0.15, 0.2) is 29.4 Å². The van der Waals surface area contributed by atoms with Gasteiger partial charge in [-0.3, -0.25) is 19.7 Å². The Balaban J connectivity index is 1.08. The molecule has 17 heteroatoms. The van der Waals surface area contributed by atoms with Crippen LogP contribution < -0.4 is 22.5 Å². The number of benzene rings is 1. The summed E-state index contributed by atoms with van der Waals surface area (Å²) in [5.74, 6) is 2.90. The van der Waals surface area contributed by atoms with Gasteiger partial charge >= 0.3 is 5.69 Å². The molecule has 1 aromatic carbocycles. The summed E-state index contributed by atoms with van der Waals surface area (Å²) < 4.78 is 25.4. The van der Waals surface area contributed by atoms with E-state index in [0.717, 1.165) is 90.1 Å². The Morgan fingerprint density at radius 1 is 0.840 bits per heavy atom. The van der Waals surface area contributed by atoms with Crippen LogP contribution >= 0.6 is 0 Å². The number of carbonyl (C=O) groups is 2. The molecule has 11 atom stereocenters. The molecular formula is C58H99N9O8. The van der Waals surface area contributed by atoms with E-state index in [4.69, 9.17) is 36.0 Å². The number of aromatic nitrogens is 2. The van der Waals surface area contributed by atoms with Gasteiger partial charge in [0, 0.05) is 63.9 Å². The highest BCUT2D eigenvalue weighted by molar-refractivity contribution is 5.93. The number of rotatable bonds is 36. The Morgan fingerprint density at radius 3 is 2.27 bits per heavy atom. The number of carbonyl (C=O) groups excluding carboxylic acids is 2. The summed E-state index contributed by atoms with van der Waals surface area (Å²) in [7, 11) is 0. The molecule has 5 unspecified atom stereocenters. The molecule has 424 valence electrons. The number of ether oxygens (including phenoxy) is 3. The topological polar surface area (TPSA) is 240 Å². The van der Waals surface area contributed by atoms with Crippen LogP contribution in [-0.2, 0) is 23.8 Å². The summed E-state index contributed by atoms with van der Waals surface area (Å²) in [5, 5.41) is 22.2. The molecule has 4 saturated carbocycles. The van der Waals surface area contributed by atoms with Crippen molar-refractivity contribution in [2.24, 2.45) is 63.5 Å². The standard InChI is InChI=1S/C58H99N9O8/c1-6-8-9-10-11-15-33-65(53(69)41-66(32-7-2)52(68)21-13-12-14-31-62-48-24-25-49(67(70)71)56-55(48)63-75-64-56)34-16-20-42(3)45-22-23-46-54-47(40-51(58(45,46)5)74-37-19-30-61)57(4)27-26-44(72-35-17-28-59)38-43(57)39-50(54)73-36-18-29-60/h7,24-25,42-47,50-51,54,62H,2,6,8-23,26-41,59-61H2,1,3-5H3/t42-,43?,44-,45-,46?,47?,50?,51+,54?,57+,58-/m1/s1. The fourth-order valence-electron chi connectivity index (χ4n) is 14.6. The van der Waals surface area contributed by atoms with E-state index in [0.29, 0.717) is 119 Å². The van der Waals surface area contributed by atoms with Gasteiger partial charge in [0.05, 0.1) is 28.9 Å². The number of nitro benzene ring substituents is 1. The molecule has 4 aliphatic rings. The third-order valence-electron chi connectivity index (χ3n) is 18.7. The van der Waals surface area contributed by atoms with Gasteiger partial charge < -0.3 is 46.5 Å². The second-order valence-corrected chi connectivity index (χ2v) is 23.4. The van der Waals surface area contributed by atoms with Crippen LogP contribution in [-0.4, -0.2) is 127 Å². The van der Waals surface area contributed by atoms with Crippen molar-refractivity contribution in [2.75, 3.05) is 77.5 Å². The molecule has 4 aliphatic carbocycles. The SMILES string of the molecule is C=CCN(CC(=O)N(CCCCCCCC)CCC[C@@H](C)[C@H]1CCC2C3C(OCCCN)CC4C[C@H](OCCCN)CC[C@]4(C)C3C[C@H](OCCCN)[C@@]21C)C(=O)CCCCCNc1ccc([N+](=O)[O-])c2nonc12. The highest BCUT2D eigenvalue weighted by Gasteiger charge is 2.66. The van der Waals surface area contributed by atoms with Crippen LogP contribution in [0.4, 0.5) is 11.4 Å². The van der Waals surface area contributed by atoms with E-state index in [1.165, 1.54) is 51.0 Å². The molecule has 0 saturated heterocycles. The van der Waals surface area contributed by atoms with E-state index < -0.39 is 4.92 Å². The van der Waals surface area contributed by atoms with Gasteiger partial charge in [0.15, 0.2) is 5.52 Å². The fraction of sp³-hybridized carbons (Fsp3) is 0.828. The van der Waals surface area contributed by atoms with Gasteiger partial charge in [-0.25, -0.2) is 4.63 Å². The number of amides is 2. The zero-order chi connectivity index (χ0) is 53.8. The lowest BCUT2D eigenvalue weighted by atomic mass is 9.43. The molecular weight excluding hydrogens is 951 g/mol.